The monoisotopic (exact) mass is 360 g/mol. The third kappa shape index (κ3) is 5.47. The summed E-state index contributed by atoms with van der Waals surface area (Å²) in [6.07, 6.45) is 0. The largest absolute Gasteiger partial charge is 0.495 e. The normalized spacial score (nSPS) is 9.80. The molecule has 3 N–H and O–H groups in total. The van der Waals surface area contributed by atoms with E-state index in [9.17, 15) is 9.59 Å². The number of carbonyl (C=O) groups is 2. The average Bonchev–Trinajstić information content (AvgIpc) is 2.60. The van der Waals surface area contributed by atoms with Crippen LogP contribution in [0.2, 0.25) is 0 Å². The first kappa shape index (κ1) is 18.2. The smallest absolute Gasteiger partial charge is 0.335 e. The molecular weight excluding hydrogens is 344 g/mol. The Morgan fingerprint density at radius 2 is 1.88 bits per heavy atom. The van der Waals surface area contributed by atoms with E-state index in [-0.39, 0.29) is 17.3 Å². The molecule has 130 valence electrons. The molecule has 0 aliphatic rings. The summed E-state index contributed by atoms with van der Waals surface area (Å²) in [4.78, 5) is 22.9. The minimum atomic E-state index is -1.09. The molecule has 0 unspecified atom stereocenters. The number of para-hydroxylation sites is 1. The molecule has 2 rings (SSSR count). The summed E-state index contributed by atoms with van der Waals surface area (Å²) in [5.41, 5.74) is 0.390. The van der Waals surface area contributed by atoms with Gasteiger partial charge >= 0.3 is 5.97 Å². The van der Waals surface area contributed by atoms with Gasteiger partial charge in [-0.2, -0.15) is 0 Å². The van der Waals surface area contributed by atoms with Crippen LogP contribution in [0.4, 0.5) is 5.69 Å². The third-order valence-corrected chi connectivity index (χ3v) is 3.26. The van der Waals surface area contributed by atoms with Gasteiger partial charge in [-0.15, -0.1) is 0 Å². The number of carbonyl (C=O) groups excluding carboxylic acids is 1. The zero-order valence-corrected chi connectivity index (χ0v) is 14.1. The van der Waals surface area contributed by atoms with Gasteiger partial charge in [0.25, 0.3) is 5.91 Å². The molecule has 0 spiro atoms. The van der Waals surface area contributed by atoms with E-state index < -0.39 is 11.9 Å². The van der Waals surface area contributed by atoms with Crippen molar-refractivity contribution in [1.29, 1.82) is 0 Å². The molecule has 0 saturated carbocycles. The summed E-state index contributed by atoms with van der Waals surface area (Å²) in [6.45, 7) is -0.210. The summed E-state index contributed by atoms with van der Waals surface area (Å²) in [5, 5.41) is 14.2. The molecular formula is C17H16N2O5S. The Labute approximate surface area is 149 Å². The van der Waals surface area contributed by atoms with Gasteiger partial charge in [0.15, 0.2) is 11.7 Å². The number of methoxy groups -OCH3 is 1. The Balaban J connectivity index is 1.94. The number of carboxylic acid groups (broad SMARTS) is 1. The fraction of sp³-hybridized carbons (Fsp3) is 0.118. The molecule has 0 aliphatic heterocycles. The molecule has 1 amide bonds. The fourth-order valence-electron chi connectivity index (χ4n) is 1.92. The molecule has 0 radical (unpaired) electrons. The Bertz CT molecular complexity index is 780. The van der Waals surface area contributed by atoms with Crippen molar-refractivity contribution in [2.24, 2.45) is 0 Å². The summed E-state index contributed by atoms with van der Waals surface area (Å²) < 4.78 is 10.5. The number of amides is 1. The molecule has 2 aromatic carbocycles. The van der Waals surface area contributed by atoms with Gasteiger partial charge in [-0.3, -0.25) is 10.1 Å². The molecule has 0 fully saturated rings. The number of nitrogens with one attached hydrogen (secondary N) is 2. The van der Waals surface area contributed by atoms with Gasteiger partial charge in [-0.25, -0.2) is 4.79 Å². The minimum absolute atomic E-state index is 0.00232. The molecule has 0 saturated heterocycles. The minimum Gasteiger partial charge on any atom is -0.495 e. The van der Waals surface area contributed by atoms with E-state index in [1.165, 1.54) is 25.3 Å². The highest BCUT2D eigenvalue weighted by atomic mass is 32.1. The first-order chi connectivity index (χ1) is 12.0. The standard InChI is InChI=1S/C17H16N2O5S/c1-23-14-8-7-11(16(21)22)9-13(14)18-17(25)19-15(20)10-24-12-5-3-2-4-6-12/h2-9H,10H2,1H3,(H,21,22)(H2,18,19,20,25). The molecule has 0 aromatic heterocycles. The van der Waals surface area contributed by atoms with E-state index in [1.54, 1.807) is 24.3 Å². The van der Waals surface area contributed by atoms with Crippen LogP contribution in [0.3, 0.4) is 0 Å². The highest BCUT2D eigenvalue weighted by molar-refractivity contribution is 7.80. The summed E-state index contributed by atoms with van der Waals surface area (Å²) in [5.74, 6) is -0.582. The van der Waals surface area contributed by atoms with Crippen molar-refractivity contribution in [2.75, 3.05) is 19.0 Å². The highest BCUT2D eigenvalue weighted by Gasteiger charge is 2.12. The molecule has 2 aromatic rings. The number of anilines is 1. The van der Waals surface area contributed by atoms with E-state index in [2.05, 4.69) is 10.6 Å². The van der Waals surface area contributed by atoms with E-state index >= 15 is 0 Å². The Hall–Kier alpha value is -3.13. The Kier molecular flexibility index (Phi) is 6.30. The maximum absolute atomic E-state index is 11.9. The van der Waals surface area contributed by atoms with Crippen LogP contribution in [0.15, 0.2) is 48.5 Å². The van der Waals surface area contributed by atoms with Crippen molar-refractivity contribution >= 4 is 34.9 Å². The van der Waals surface area contributed by atoms with Crippen molar-refractivity contribution in [3.63, 3.8) is 0 Å². The quantitative estimate of drug-likeness (QED) is 0.680. The number of rotatable bonds is 6. The average molecular weight is 360 g/mol. The molecule has 7 nitrogen and oxygen atoms in total. The van der Waals surface area contributed by atoms with Gasteiger partial charge in [0.2, 0.25) is 0 Å². The van der Waals surface area contributed by atoms with Crippen molar-refractivity contribution in [3.05, 3.63) is 54.1 Å². The van der Waals surface area contributed by atoms with E-state index in [0.29, 0.717) is 17.2 Å². The number of thiocarbonyl (C=S) groups is 1. The summed E-state index contributed by atoms with van der Waals surface area (Å²) in [6, 6.07) is 13.1. The van der Waals surface area contributed by atoms with Gasteiger partial charge in [0.05, 0.1) is 18.4 Å². The van der Waals surface area contributed by atoms with E-state index in [0.717, 1.165) is 0 Å². The van der Waals surface area contributed by atoms with Crippen molar-refractivity contribution in [2.45, 2.75) is 0 Å². The van der Waals surface area contributed by atoms with Crippen molar-refractivity contribution in [1.82, 2.24) is 5.32 Å². The molecule has 0 aliphatic carbocycles. The number of hydrogen-bond donors (Lipinski definition) is 3. The molecule has 8 heteroatoms. The predicted octanol–water partition coefficient (Wildman–Crippen LogP) is 2.29. The lowest BCUT2D eigenvalue weighted by Gasteiger charge is -2.13. The number of benzene rings is 2. The predicted molar refractivity (Wildman–Crippen MR) is 96.3 cm³/mol. The van der Waals surface area contributed by atoms with Crippen LogP contribution in [0, 0.1) is 0 Å². The Morgan fingerprint density at radius 1 is 1.16 bits per heavy atom. The lowest BCUT2D eigenvalue weighted by molar-refractivity contribution is -0.121. The molecule has 25 heavy (non-hydrogen) atoms. The van der Waals surface area contributed by atoms with Crippen molar-refractivity contribution in [3.8, 4) is 11.5 Å². The van der Waals surface area contributed by atoms with Crippen LogP contribution in [-0.2, 0) is 4.79 Å². The zero-order valence-electron chi connectivity index (χ0n) is 13.3. The maximum atomic E-state index is 11.9. The summed E-state index contributed by atoms with van der Waals surface area (Å²) in [7, 11) is 1.44. The van der Waals surface area contributed by atoms with E-state index in [1.807, 2.05) is 6.07 Å². The van der Waals surface area contributed by atoms with Gasteiger partial charge < -0.3 is 19.9 Å². The number of carboxylic acids is 1. The number of ether oxygens (including phenoxy) is 2. The van der Waals surface area contributed by atoms with Gasteiger partial charge in [-0.05, 0) is 42.5 Å². The topological polar surface area (TPSA) is 96.9 Å². The number of aromatic carboxylic acids is 1. The second-order valence-electron chi connectivity index (χ2n) is 4.82. The first-order valence-electron chi connectivity index (χ1n) is 7.19. The first-order valence-corrected chi connectivity index (χ1v) is 7.60. The van der Waals surface area contributed by atoms with Crippen molar-refractivity contribution < 1.29 is 24.2 Å². The fourth-order valence-corrected chi connectivity index (χ4v) is 2.14. The maximum Gasteiger partial charge on any atom is 0.335 e. The molecule has 0 heterocycles. The summed E-state index contributed by atoms with van der Waals surface area (Å²) >= 11 is 5.06. The third-order valence-electron chi connectivity index (χ3n) is 3.06. The molecule has 0 bridgehead atoms. The zero-order chi connectivity index (χ0) is 18.2. The van der Waals surface area contributed by atoms with Gasteiger partial charge in [0, 0.05) is 0 Å². The van der Waals surface area contributed by atoms with Crippen LogP contribution in [0.5, 0.6) is 11.5 Å². The second-order valence-corrected chi connectivity index (χ2v) is 5.23. The van der Waals surface area contributed by atoms with Gasteiger partial charge in [0.1, 0.15) is 11.5 Å². The lowest BCUT2D eigenvalue weighted by Crippen LogP contribution is -2.37. The van der Waals surface area contributed by atoms with E-state index in [4.69, 9.17) is 26.8 Å². The SMILES string of the molecule is COc1ccc(C(=O)O)cc1NC(=S)NC(=O)COc1ccccc1. The highest BCUT2D eigenvalue weighted by Crippen LogP contribution is 2.25. The molecule has 0 atom stereocenters. The van der Waals surface area contributed by atoms with Crippen LogP contribution < -0.4 is 20.1 Å². The van der Waals surface area contributed by atoms with Crippen LogP contribution in [-0.4, -0.2) is 35.8 Å². The van der Waals surface area contributed by atoms with Gasteiger partial charge in [-0.1, -0.05) is 18.2 Å². The number of hydrogen-bond acceptors (Lipinski definition) is 5. The van der Waals surface area contributed by atoms with Crippen LogP contribution in [0.1, 0.15) is 10.4 Å². The van der Waals surface area contributed by atoms with Crippen LogP contribution >= 0.6 is 12.2 Å². The lowest BCUT2D eigenvalue weighted by atomic mass is 10.2. The van der Waals surface area contributed by atoms with Crippen LogP contribution in [0.25, 0.3) is 0 Å². The second kappa shape index (κ2) is 8.65. The Morgan fingerprint density at radius 3 is 2.52 bits per heavy atom.